The Bertz CT molecular complexity index is 381. The van der Waals surface area contributed by atoms with E-state index in [4.69, 9.17) is 16.9 Å². The number of amidine groups is 1. The molecule has 1 aromatic heterocycles. The van der Waals surface area contributed by atoms with E-state index in [1.807, 2.05) is 5.38 Å². The number of nitrogens with one attached hydrogen (secondary N) is 1. The lowest BCUT2D eigenvalue weighted by Crippen LogP contribution is -2.23. The van der Waals surface area contributed by atoms with Gasteiger partial charge < -0.3 is 11.5 Å². The Morgan fingerprint density at radius 3 is 3.00 bits per heavy atom. The van der Waals surface area contributed by atoms with Gasteiger partial charge in [-0.3, -0.25) is 5.41 Å². The molecule has 0 aliphatic rings. The number of aliphatic imine (C=N–C) groups is 1. The number of hydrogen-bond acceptors (Lipinski definition) is 4. The van der Waals surface area contributed by atoms with Crippen LogP contribution in [0, 0.1) is 5.41 Å². The smallest absolute Gasteiger partial charge is 0.193 e. The molecule has 0 fully saturated rings. The zero-order chi connectivity index (χ0) is 12.0. The van der Waals surface area contributed by atoms with Gasteiger partial charge in [0.05, 0.1) is 10.7 Å². The third-order valence-electron chi connectivity index (χ3n) is 1.65. The van der Waals surface area contributed by atoms with Crippen molar-refractivity contribution in [3.63, 3.8) is 0 Å². The lowest BCUT2D eigenvalue weighted by molar-refractivity contribution is 0.902. The molecule has 0 amide bonds. The number of nitrogens with zero attached hydrogens (tertiary/aromatic N) is 2. The van der Waals surface area contributed by atoms with Crippen molar-refractivity contribution in [3.05, 3.63) is 16.1 Å². The highest BCUT2D eigenvalue weighted by Gasteiger charge is 2.03. The van der Waals surface area contributed by atoms with Crippen LogP contribution in [-0.2, 0) is 12.2 Å². The summed E-state index contributed by atoms with van der Waals surface area (Å²) in [5, 5.41) is 10.7. The topological polar surface area (TPSA) is 101 Å². The Hall–Kier alpha value is -1.08. The average molecular weight is 257 g/mol. The van der Waals surface area contributed by atoms with E-state index >= 15 is 0 Å². The SMILES string of the molecule is CCCc1nc(CSC(=N)N=C(N)N)cs1. The van der Waals surface area contributed by atoms with Crippen molar-refractivity contribution in [2.24, 2.45) is 16.5 Å². The van der Waals surface area contributed by atoms with E-state index in [2.05, 4.69) is 16.9 Å². The van der Waals surface area contributed by atoms with Crippen molar-refractivity contribution in [1.82, 2.24) is 4.98 Å². The number of aromatic nitrogens is 1. The summed E-state index contributed by atoms with van der Waals surface area (Å²) in [4.78, 5) is 8.07. The van der Waals surface area contributed by atoms with Gasteiger partial charge in [-0.2, -0.15) is 4.99 Å². The second-order valence-corrected chi connectivity index (χ2v) is 5.02. The predicted octanol–water partition coefficient (Wildman–Crippen LogP) is 1.54. The van der Waals surface area contributed by atoms with Crippen LogP contribution >= 0.6 is 23.1 Å². The molecule has 7 heteroatoms. The summed E-state index contributed by atoms with van der Waals surface area (Å²) in [6.45, 7) is 2.13. The molecular weight excluding hydrogens is 242 g/mol. The molecule has 5 nitrogen and oxygen atoms in total. The van der Waals surface area contributed by atoms with Gasteiger partial charge in [0.15, 0.2) is 11.1 Å². The molecule has 1 aromatic rings. The Labute approximate surface area is 103 Å². The van der Waals surface area contributed by atoms with Gasteiger partial charge in [-0.25, -0.2) is 4.98 Å². The molecule has 88 valence electrons. The quantitative estimate of drug-likeness (QED) is 0.562. The monoisotopic (exact) mass is 257 g/mol. The summed E-state index contributed by atoms with van der Waals surface area (Å²) >= 11 is 2.93. The van der Waals surface area contributed by atoms with Gasteiger partial charge in [0.2, 0.25) is 0 Å². The van der Waals surface area contributed by atoms with Crippen molar-refractivity contribution in [3.8, 4) is 0 Å². The second-order valence-electron chi connectivity index (χ2n) is 3.11. The van der Waals surface area contributed by atoms with Crippen LogP contribution in [0.15, 0.2) is 10.4 Å². The van der Waals surface area contributed by atoms with E-state index in [-0.39, 0.29) is 11.1 Å². The van der Waals surface area contributed by atoms with Crippen LogP contribution in [0.4, 0.5) is 0 Å². The number of nitrogens with two attached hydrogens (primary N) is 2. The molecule has 16 heavy (non-hydrogen) atoms. The molecule has 0 unspecified atom stereocenters. The highest BCUT2D eigenvalue weighted by molar-refractivity contribution is 8.13. The highest BCUT2D eigenvalue weighted by atomic mass is 32.2. The maximum absolute atomic E-state index is 7.45. The van der Waals surface area contributed by atoms with Crippen LogP contribution in [-0.4, -0.2) is 16.1 Å². The van der Waals surface area contributed by atoms with E-state index < -0.39 is 0 Å². The number of aryl methyl sites for hydroxylation is 1. The molecule has 0 radical (unpaired) electrons. The summed E-state index contributed by atoms with van der Waals surface area (Å²) < 4.78 is 0. The fraction of sp³-hybridized carbons (Fsp3) is 0.444. The van der Waals surface area contributed by atoms with E-state index in [1.54, 1.807) is 11.3 Å². The first-order valence-corrected chi connectivity index (χ1v) is 6.72. The lowest BCUT2D eigenvalue weighted by Gasteiger charge is -1.96. The maximum Gasteiger partial charge on any atom is 0.193 e. The Morgan fingerprint density at radius 2 is 2.38 bits per heavy atom. The molecule has 0 spiro atoms. The van der Waals surface area contributed by atoms with Gasteiger partial charge in [-0.1, -0.05) is 18.7 Å². The van der Waals surface area contributed by atoms with Gasteiger partial charge in [0.1, 0.15) is 0 Å². The van der Waals surface area contributed by atoms with E-state index in [0.29, 0.717) is 5.75 Å². The molecule has 1 rings (SSSR count). The lowest BCUT2D eigenvalue weighted by atomic mass is 10.3. The zero-order valence-corrected chi connectivity index (χ0v) is 10.7. The van der Waals surface area contributed by atoms with Crippen molar-refractivity contribution in [2.75, 3.05) is 0 Å². The summed E-state index contributed by atoms with van der Waals surface area (Å²) in [6.07, 6.45) is 2.12. The highest BCUT2D eigenvalue weighted by Crippen LogP contribution is 2.17. The summed E-state index contributed by atoms with van der Waals surface area (Å²) in [7, 11) is 0. The Kier molecular flexibility index (Phi) is 5.27. The molecule has 0 atom stereocenters. The normalized spacial score (nSPS) is 10.1. The minimum atomic E-state index is -0.0811. The average Bonchev–Trinajstić information content (AvgIpc) is 2.62. The summed E-state index contributed by atoms with van der Waals surface area (Å²) in [6, 6.07) is 0. The Morgan fingerprint density at radius 1 is 1.62 bits per heavy atom. The fourth-order valence-corrected chi connectivity index (χ4v) is 2.64. The van der Waals surface area contributed by atoms with E-state index in [0.717, 1.165) is 23.5 Å². The van der Waals surface area contributed by atoms with E-state index in [1.165, 1.54) is 11.8 Å². The van der Waals surface area contributed by atoms with Crippen molar-refractivity contribution < 1.29 is 0 Å². The van der Waals surface area contributed by atoms with Gasteiger partial charge in [0, 0.05) is 11.1 Å². The molecule has 1 heterocycles. The van der Waals surface area contributed by atoms with Crippen LogP contribution in [0.25, 0.3) is 0 Å². The summed E-state index contributed by atoms with van der Waals surface area (Å²) in [5.74, 6) is 0.554. The number of hydrogen-bond donors (Lipinski definition) is 3. The minimum Gasteiger partial charge on any atom is -0.370 e. The van der Waals surface area contributed by atoms with Crippen LogP contribution in [0.2, 0.25) is 0 Å². The second kappa shape index (κ2) is 6.49. The predicted molar refractivity (Wildman–Crippen MR) is 70.9 cm³/mol. The van der Waals surface area contributed by atoms with E-state index in [9.17, 15) is 0 Å². The van der Waals surface area contributed by atoms with Crippen molar-refractivity contribution in [1.29, 1.82) is 5.41 Å². The number of thioether (sulfide) groups is 1. The molecule has 0 saturated carbocycles. The van der Waals surface area contributed by atoms with Crippen LogP contribution < -0.4 is 11.5 Å². The molecule has 0 aliphatic carbocycles. The number of thiazole rings is 1. The van der Waals surface area contributed by atoms with Crippen LogP contribution in [0.5, 0.6) is 0 Å². The van der Waals surface area contributed by atoms with Gasteiger partial charge in [-0.15, -0.1) is 11.3 Å². The minimum absolute atomic E-state index is 0.0811. The first-order valence-electron chi connectivity index (χ1n) is 4.86. The first-order chi connectivity index (χ1) is 7.61. The Balaban J connectivity index is 2.42. The van der Waals surface area contributed by atoms with Crippen LogP contribution in [0.3, 0.4) is 0 Å². The number of guanidine groups is 1. The van der Waals surface area contributed by atoms with Gasteiger partial charge >= 0.3 is 0 Å². The number of rotatable bonds is 4. The van der Waals surface area contributed by atoms with Gasteiger partial charge in [-0.05, 0) is 12.8 Å². The largest absolute Gasteiger partial charge is 0.370 e. The zero-order valence-electron chi connectivity index (χ0n) is 9.06. The third kappa shape index (κ3) is 4.63. The molecule has 0 saturated heterocycles. The first kappa shape index (κ1) is 13.0. The maximum atomic E-state index is 7.45. The summed E-state index contributed by atoms with van der Waals surface area (Å²) in [5.41, 5.74) is 11.3. The third-order valence-corrected chi connectivity index (χ3v) is 3.41. The van der Waals surface area contributed by atoms with Crippen molar-refractivity contribution in [2.45, 2.75) is 25.5 Å². The molecule has 0 aromatic carbocycles. The molecule has 0 bridgehead atoms. The standard InChI is InChI=1S/C9H15N5S2/c1-2-3-7-13-6(4-15-7)5-16-9(12)14-8(10)11/h4H,2-3,5H2,1H3,(H5,10,11,12,14). The molecule has 0 aliphatic heterocycles. The fourth-order valence-electron chi connectivity index (χ4n) is 1.04. The molecular formula is C9H15N5S2. The van der Waals surface area contributed by atoms with Crippen LogP contribution in [0.1, 0.15) is 24.0 Å². The van der Waals surface area contributed by atoms with Crippen molar-refractivity contribution >= 4 is 34.2 Å². The molecule has 5 N–H and O–H groups in total. The van der Waals surface area contributed by atoms with Gasteiger partial charge in [0.25, 0.3) is 0 Å².